The van der Waals surface area contributed by atoms with Gasteiger partial charge >= 0.3 is 0 Å². The number of nitrogens with zero attached hydrogens (tertiary/aromatic N) is 5. The molecule has 2 aliphatic heterocycles. The lowest BCUT2D eigenvalue weighted by atomic mass is 9.86. The Morgan fingerprint density at radius 1 is 1.30 bits per heavy atom. The van der Waals surface area contributed by atoms with Crippen molar-refractivity contribution in [1.82, 2.24) is 25.1 Å². The lowest BCUT2D eigenvalue weighted by molar-refractivity contribution is -0.138. The Bertz CT molecular complexity index is 557. The molecule has 1 aromatic heterocycles. The van der Waals surface area contributed by atoms with Crippen LogP contribution in [0.2, 0.25) is 0 Å². The second-order valence-corrected chi connectivity index (χ2v) is 7.04. The lowest BCUT2D eigenvalue weighted by Crippen LogP contribution is -2.48. The van der Waals surface area contributed by atoms with Crippen molar-refractivity contribution in [3.05, 3.63) is 6.33 Å². The molecule has 126 valence electrons. The van der Waals surface area contributed by atoms with Crippen molar-refractivity contribution >= 4 is 5.91 Å². The van der Waals surface area contributed by atoms with Crippen LogP contribution in [0.5, 0.6) is 0 Å². The first-order valence-corrected chi connectivity index (χ1v) is 8.48. The van der Waals surface area contributed by atoms with E-state index in [1.165, 1.54) is 0 Å². The average Bonchev–Trinajstić information content (AvgIpc) is 3.27. The maximum atomic E-state index is 13.0. The fourth-order valence-corrected chi connectivity index (χ4v) is 4.56. The summed E-state index contributed by atoms with van der Waals surface area (Å²) in [6, 6.07) is 0.00765. The van der Waals surface area contributed by atoms with E-state index >= 15 is 0 Å². The van der Waals surface area contributed by atoms with Crippen LogP contribution in [-0.4, -0.2) is 68.0 Å². The molecule has 0 aromatic carbocycles. The van der Waals surface area contributed by atoms with Gasteiger partial charge < -0.3 is 14.7 Å². The van der Waals surface area contributed by atoms with E-state index in [1.807, 2.05) is 4.90 Å². The Balaban J connectivity index is 1.54. The molecule has 4 rings (SSSR count). The van der Waals surface area contributed by atoms with Gasteiger partial charge in [0.25, 0.3) is 0 Å². The van der Waals surface area contributed by atoms with Crippen LogP contribution in [0.3, 0.4) is 0 Å². The number of hydrogen-bond donors (Lipinski definition) is 1. The van der Waals surface area contributed by atoms with Crippen molar-refractivity contribution in [3.8, 4) is 0 Å². The van der Waals surface area contributed by atoms with Gasteiger partial charge in [0.15, 0.2) is 0 Å². The van der Waals surface area contributed by atoms with Crippen LogP contribution in [0.25, 0.3) is 0 Å². The van der Waals surface area contributed by atoms with Crippen LogP contribution in [0, 0.1) is 5.92 Å². The summed E-state index contributed by atoms with van der Waals surface area (Å²) in [6.07, 6.45) is 5.90. The summed E-state index contributed by atoms with van der Waals surface area (Å²) >= 11 is 0. The lowest BCUT2D eigenvalue weighted by Gasteiger charge is -2.38. The van der Waals surface area contributed by atoms with Gasteiger partial charge in [0.2, 0.25) is 5.91 Å². The van der Waals surface area contributed by atoms with Gasteiger partial charge in [0.05, 0.1) is 24.1 Å². The summed E-state index contributed by atoms with van der Waals surface area (Å²) in [7, 11) is 0. The minimum absolute atomic E-state index is 0.00765. The number of ether oxygens (including phenoxy) is 1. The molecule has 8 nitrogen and oxygen atoms in total. The molecule has 2 saturated heterocycles. The minimum atomic E-state index is -0.402. The van der Waals surface area contributed by atoms with Crippen molar-refractivity contribution in [2.24, 2.45) is 5.92 Å². The molecular weight excluding hydrogens is 298 g/mol. The predicted molar refractivity (Wildman–Crippen MR) is 79.3 cm³/mol. The molecular formula is C15H23N5O3. The number of aliphatic hydroxyl groups is 1. The van der Waals surface area contributed by atoms with E-state index in [9.17, 15) is 9.90 Å². The molecule has 0 radical (unpaired) electrons. The maximum absolute atomic E-state index is 13.0. The second kappa shape index (κ2) is 5.83. The highest BCUT2D eigenvalue weighted by atomic mass is 16.5. The van der Waals surface area contributed by atoms with E-state index in [4.69, 9.17) is 4.74 Å². The van der Waals surface area contributed by atoms with Crippen LogP contribution in [0.4, 0.5) is 0 Å². The van der Waals surface area contributed by atoms with Gasteiger partial charge in [-0.1, -0.05) is 0 Å². The van der Waals surface area contributed by atoms with Gasteiger partial charge in [-0.15, -0.1) is 5.10 Å². The monoisotopic (exact) mass is 321 g/mol. The molecule has 1 aromatic rings. The molecule has 1 aliphatic carbocycles. The molecule has 0 bridgehead atoms. The number of aromatic nitrogens is 4. The summed E-state index contributed by atoms with van der Waals surface area (Å²) in [4.78, 5) is 14.9. The first-order valence-electron chi connectivity index (χ1n) is 8.48. The third-order valence-corrected chi connectivity index (χ3v) is 5.87. The fourth-order valence-electron chi connectivity index (χ4n) is 4.56. The minimum Gasteiger partial charge on any atom is -0.391 e. The van der Waals surface area contributed by atoms with Crippen molar-refractivity contribution < 1.29 is 14.6 Å². The van der Waals surface area contributed by atoms with Crippen LogP contribution in [0.1, 0.15) is 38.5 Å². The number of likely N-dealkylation sites (tertiary alicyclic amines) is 1. The van der Waals surface area contributed by atoms with Gasteiger partial charge in [0, 0.05) is 19.8 Å². The Morgan fingerprint density at radius 3 is 2.87 bits per heavy atom. The van der Waals surface area contributed by atoms with Gasteiger partial charge in [-0.05, 0) is 48.4 Å². The molecule has 3 heterocycles. The topological polar surface area (TPSA) is 93.4 Å². The first-order chi connectivity index (χ1) is 11.2. The smallest absolute Gasteiger partial charge is 0.225 e. The van der Waals surface area contributed by atoms with Crippen LogP contribution >= 0.6 is 0 Å². The standard InChI is InChI=1S/C15H23N5O3/c21-12-2-1-11-3-6-19(14(11)12)13(22)9-15(4-7-23-8-5-15)20-10-16-17-18-20/h10-12,14,21H,1-9H2/t11-,12+,14+/m0/s1. The van der Waals surface area contributed by atoms with E-state index in [0.29, 0.717) is 25.6 Å². The summed E-state index contributed by atoms with van der Waals surface area (Å²) < 4.78 is 7.20. The summed E-state index contributed by atoms with van der Waals surface area (Å²) in [5.74, 6) is 0.573. The number of fused-ring (bicyclic) bond motifs is 1. The van der Waals surface area contributed by atoms with E-state index in [2.05, 4.69) is 15.5 Å². The van der Waals surface area contributed by atoms with E-state index in [-0.39, 0.29) is 18.1 Å². The number of rotatable bonds is 3. The molecule has 8 heteroatoms. The van der Waals surface area contributed by atoms with Gasteiger partial charge in [-0.2, -0.15) is 0 Å². The molecule has 0 unspecified atom stereocenters. The zero-order valence-electron chi connectivity index (χ0n) is 13.2. The van der Waals surface area contributed by atoms with E-state index in [1.54, 1.807) is 11.0 Å². The highest BCUT2D eigenvalue weighted by molar-refractivity contribution is 5.78. The summed E-state index contributed by atoms with van der Waals surface area (Å²) in [5, 5.41) is 21.8. The number of aliphatic hydroxyl groups excluding tert-OH is 1. The van der Waals surface area contributed by atoms with Crippen LogP contribution < -0.4 is 0 Å². The Labute approximate surface area is 134 Å². The molecule has 23 heavy (non-hydrogen) atoms. The quantitative estimate of drug-likeness (QED) is 0.838. The second-order valence-electron chi connectivity index (χ2n) is 7.04. The van der Waals surface area contributed by atoms with Gasteiger partial charge in [0.1, 0.15) is 6.33 Å². The van der Waals surface area contributed by atoms with E-state index < -0.39 is 5.54 Å². The number of tetrazole rings is 1. The largest absolute Gasteiger partial charge is 0.391 e. The Kier molecular flexibility index (Phi) is 3.81. The normalized spacial score (nSPS) is 32.9. The summed E-state index contributed by atoms with van der Waals surface area (Å²) in [6.45, 7) is 1.98. The highest BCUT2D eigenvalue weighted by Gasteiger charge is 2.47. The fraction of sp³-hybridized carbons (Fsp3) is 0.867. The Hall–Kier alpha value is -1.54. The van der Waals surface area contributed by atoms with Crippen molar-refractivity contribution in [1.29, 1.82) is 0 Å². The number of carbonyl (C=O) groups excluding carboxylic acids is 1. The van der Waals surface area contributed by atoms with Crippen LogP contribution in [-0.2, 0) is 15.1 Å². The maximum Gasteiger partial charge on any atom is 0.225 e. The molecule has 3 atom stereocenters. The predicted octanol–water partition coefficient (Wildman–Crippen LogP) is -0.0593. The molecule has 3 fully saturated rings. The van der Waals surface area contributed by atoms with Crippen molar-refractivity contribution in [2.75, 3.05) is 19.8 Å². The first kappa shape index (κ1) is 15.0. The van der Waals surface area contributed by atoms with Crippen molar-refractivity contribution in [3.63, 3.8) is 0 Å². The molecule has 1 amide bonds. The molecule has 1 saturated carbocycles. The molecule has 0 spiro atoms. The SMILES string of the molecule is O=C(CC1(n2cnnn2)CCOCC1)N1CC[C@@H]2CC[C@@H](O)[C@@H]21. The highest BCUT2D eigenvalue weighted by Crippen LogP contribution is 2.40. The van der Waals surface area contributed by atoms with Crippen molar-refractivity contribution in [2.45, 2.75) is 56.2 Å². The zero-order chi connectivity index (χ0) is 15.9. The molecule has 3 aliphatic rings. The molecule has 1 N–H and O–H groups in total. The third-order valence-electron chi connectivity index (χ3n) is 5.87. The Morgan fingerprint density at radius 2 is 2.13 bits per heavy atom. The number of amides is 1. The van der Waals surface area contributed by atoms with E-state index in [0.717, 1.165) is 38.6 Å². The third kappa shape index (κ3) is 2.53. The number of hydrogen-bond acceptors (Lipinski definition) is 6. The summed E-state index contributed by atoms with van der Waals surface area (Å²) in [5.41, 5.74) is -0.402. The van der Waals surface area contributed by atoms with Gasteiger partial charge in [-0.25, -0.2) is 4.68 Å². The number of carbonyl (C=O) groups is 1. The van der Waals surface area contributed by atoms with Crippen LogP contribution in [0.15, 0.2) is 6.33 Å². The average molecular weight is 321 g/mol. The zero-order valence-corrected chi connectivity index (χ0v) is 13.2. The van der Waals surface area contributed by atoms with Gasteiger partial charge in [-0.3, -0.25) is 4.79 Å².